The topological polar surface area (TPSA) is 483 Å². The van der Waals surface area contributed by atoms with Gasteiger partial charge in [-0.2, -0.15) is 0 Å². The first-order valence-corrected chi connectivity index (χ1v) is 47.0. The van der Waals surface area contributed by atoms with E-state index in [2.05, 4.69) is 74.4 Å². The van der Waals surface area contributed by atoms with E-state index in [1.807, 2.05) is 41.5 Å². The van der Waals surface area contributed by atoms with Gasteiger partial charge in [-0.3, -0.25) is 38.4 Å². The summed E-state index contributed by atoms with van der Waals surface area (Å²) in [5, 5.41) is 52.2. The molecule has 0 radical (unpaired) electrons. The summed E-state index contributed by atoms with van der Waals surface area (Å²) in [5.74, 6) is -5.35. The maximum Gasteiger partial charge on any atom is 0.319 e. The summed E-state index contributed by atoms with van der Waals surface area (Å²) in [7, 11) is 0. The molecule has 3 aliphatic rings. The van der Waals surface area contributed by atoms with Gasteiger partial charge in [0.15, 0.2) is 0 Å². The number of ether oxygens (including phenoxy) is 6. The van der Waals surface area contributed by atoms with E-state index in [0.29, 0.717) is 91.6 Å². The standard InChI is InChI=1S/C101H146N14O21/c1-25-62-68-52-102-88(125)108-74-34-31-59(58-116)49-77(74)111-91(128)105-55-71-65(28-4)72-56-106-92(129)112-78-50-60(86(123)114-100(43-37-80(117)131-94(7,8)9,44-38-81(118)132-95(10,11)12)45-39-82(119)133-96(13,14)15)32-35-75(78)109-89(126)103-53-69(62)64(27-3)70(63(68)26-2)54-104-90(127)110-76-36-33-61(51-79(76)113-93(130)107-57-73(66(71)29-5)67(72)30-6)87(124)115-101(46-40-83(120)134-97(16,17)18,47-41-84(121)135-98(19,20)21)48-42-85(122)136-99(22,23)24/h31-36,49-51,116H,25-30,37-48,52-58H2,1-24H3,(H,114,123)(H,115,124)(H2,102,108,125)(H2,103,109,126)(H2,104,110,127)(H2,105,111,128)(H2,106,112,129)(H2,107,113,130). The van der Waals surface area contributed by atoms with E-state index >= 15 is 28.8 Å². The van der Waals surface area contributed by atoms with Crippen molar-refractivity contribution in [2.75, 3.05) is 31.9 Å². The van der Waals surface area contributed by atoms with Crippen molar-refractivity contribution < 1.29 is 101 Å². The molecule has 8 rings (SSSR count). The van der Waals surface area contributed by atoms with E-state index in [0.717, 1.165) is 0 Å². The molecule has 35 nitrogen and oxygen atoms in total. The lowest BCUT2D eigenvalue weighted by Gasteiger charge is -2.36. The van der Waals surface area contributed by atoms with Crippen molar-refractivity contribution in [2.24, 2.45) is 0 Å². The fourth-order valence-electron chi connectivity index (χ4n) is 16.9. The Bertz CT molecular complexity index is 4810. The van der Waals surface area contributed by atoms with Crippen LogP contribution in [0.15, 0.2) is 54.6 Å². The summed E-state index contributed by atoms with van der Waals surface area (Å²) in [4.78, 5) is 204. The van der Waals surface area contributed by atoms with E-state index in [4.69, 9.17) is 28.4 Å². The van der Waals surface area contributed by atoms with Crippen LogP contribution < -0.4 is 74.4 Å². The van der Waals surface area contributed by atoms with Gasteiger partial charge in [0.05, 0.1) is 40.7 Å². The van der Waals surface area contributed by atoms with Gasteiger partial charge in [-0.15, -0.1) is 0 Å². The van der Waals surface area contributed by atoms with Gasteiger partial charge in [0.25, 0.3) is 11.8 Å². The van der Waals surface area contributed by atoms with Crippen LogP contribution in [-0.4, -0.2) is 134 Å². The Labute approximate surface area is 799 Å². The maximum absolute atomic E-state index is 15.5. The number of hydrogen-bond acceptors (Lipinski definition) is 21. The molecule has 136 heavy (non-hydrogen) atoms. The van der Waals surface area contributed by atoms with Crippen molar-refractivity contribution >= 4 is 118 Å². The highest BCUT2D eigenvalue weighted by Crippen LogP contribution is 2.38. The van der Waals surface area contributed by atoms with Crippen LogP contribution in [-0.2, 0) is 142 Å². The number of benzene rings is 5. The Morgan fingerprint density at radius 1 is 0.279 bits per heavy atom. The molecule has 3 heterocycles. The summed E-state index contributed by atoms with van der Waals surface area (Å²) in [6, 6.07) is 8.15. The van der Waals surface area contributed by atoms with Gasteiger partial charge >= 0.3 is 72.0 Å². The molecular weight excluding hydrogens is 1750 g/mol. The molecule has 0 spiro atoms. The lowest BCUT2D eigenvalue weighted by Crippen LogP contribution is -2.50. The molecule has 0 saturated heterocycles. The smallest absolute Gasteiger partial charge is 0.319 e. The van der Waals surface area contributed by atoms with Crippen LogP contribution in [0.25, 0.3) is 0 Å². The summed E-state index contributed by atoms with van der Waals surface area (Å²) in [6.45, 7) is 40.3. The first kappa shape index (κ1) is 110. The molecule has 6 bridgehead atoms. The number of aliphatic hydroxyl groups excluding tert-OH is 1. The van der Waals surface area contributed by atoms with Gasteiger partial charge in [-0.25, -0.2) is 28.8 Å². The fourth-order valence-corrected chi connectivity index (χ4v) is 16.9. The first-order valence-electron chi connectivity index (χ1n) is 47.0. The first-order chi connectivity index (χ1) is 63.4. The Kier molecular flexibility index (Phi) is 38.8. The Morgan fingerprint density at radius 2 is 0.463 bits per heavy atom. The number of carbonyl (C=O) groups excluding carboxylic acids is 14. The minimum atomic E-state index is -1.53. The average Bonchev–Trinajstić information content (AvgIpc) is 0.767. The van der Waals surface area contributed by atoms with Gasteiger partial charge in [-0.1, -0.05) is 47.6 Å². The maximum atomic E-state index is 15.5. The Balaban J connectivity index is 1.49. The molecule has 5 aromatic carbocycles. The van der Waals surface area contributed by atoms with Crippen LogP contribution >= 0.6 is 0 Å². The molecule has 746 valence electrons. The van der Waals surface area contributed by atoms with Crippen LogP contribution in [0.4, 0.5) is 62.9 Å². The Morgan fingerprint density at radius 3 is 0.647 bits per heavy atom. The van der Waals surface area contributed by atoms with Gasteiger partial charge in [0.1, 0.15) is 33.6 Å². The van der Waals surface area contributed by atoms with E-state index < -0.39 is 135 Å². The number of anilines is 6. The number of nitrogens with one attached hydrogen (secondary N) is 14. The van der Waals surface area contributed by atoms with Crippen LogP contribution in [0, 0.1) is 0 Å². The summed E-state index contributed by atoms with van der Waals surface area (Å²) < 4.78 is 34.5. The molecule has 5 aromatic rings. The lowest BCUT2D eigenvalue weighted by atomic mass is 9.83. The number of fused-ring (bicyclic) bond motifs is 18. The second-order valence-electron chi connectivity index (χ2n) is 40.3. The second-order valence-corrected chi connectivity index (χ2v) is 40.3. The van der Waals surface area contributed by atoms with Crippen molar-refractivity contribution in [3.05, 3.63) is 138 Å². The minimum Gasteiger partial charge on any atom is -0.460 e. The predicted molar refractivity (Wildman–Crippen MR) is 520 cm³/mol. The molecule has 14 amide bonds. The van der Waals surface area contributed by atoms with Crippen LogP contribution in [0.3, 0.4) is 0 Å². The van der Waals surface area contributed by atoms with Crippen LogP contribution in [0.2, 0.25) is 0 Å². The van der Waals surface area contributed by atoms with Crippen molar-refractivity contribution in [3.63, 3.8) is 0 Å². The lowest BCUT2D eigenvalue weighted by molar-refractivity contribution is -0.158. The third-order valence-corrected chi connectivity index (χ3v) is 22.5. The third-order valence-electron chi connectivity index (χ3n) is 22.5. The van der Waals surface area contributed by atoms with Crippen molar-refractivity contribution in [1.82, 2.24) is 42.5 Å². The van der Waals surface area contributed by atoms with Gasteiger partial charge < -0.3 is 108 Å². The zero-order valence-corrected chi connectivity index (χ0v) is 84.0. The monoisotopic (exact) mass is 1890 g/mol. The number of carbonyl (C=O) groups is 14. The molecule has 0 unspecified atom stereocenters. The summed E-state index contributed by atoms with van der Waals surface area (Å²) in [5.41, 5.74) is -0.741. The van der Waals surface area contributed by atoms with E-state index in [1.54, 1.807) is 131 Å². The molecule has 0 aliphatic carbocycles. The molecule has 3 aliphatic heterocycles. The molecule has 0 saturated carbocycles. The number of rotatable bonds is 29. The molecule has 0 aromatic heterocycles. The molecule has 0 atom stereocenters. The predicted octanol–water partition coefficient (Wildman–Crippen LogP) is 16.8. The normalized spacial score (nSPS) is 14.2. The van der Waals surface area contributed by atoms with Crippen LogP contribution in [0.5, 0.6) is 0 Å². The number of amides is 14. The fraction of sp³-hybridized carbons (Fsp3) is 0.564. The number of hydrogen-bond donors (Lipinski definition) is 15. The summed E-state index contributed by atoms with van der Waals surface area (Å²) in [6.07, 6.45) is -0.764. The van der Waals surface area contributed by atoms with Crippen LogP contribution in [0.1, 0.15) is 336 Å². The van der Waals surface area contributed by atoms with Gasteiger partial charge in [0.2, 0.25) is 0 Å². The van der Waals surface area contributed by atoms with Crippen molar-refractivity contribution in [3.8, 4) is 0 Å². The third kappa shape index (κ3) is 34.4. The van der Waals surface area contributed by atoms with Crippen molar-refractivity contribution in [2.45, 2.75) is 372 Å². The number of urea groups is 6. The quantitative estimate of drug-likeness (QED) is 0.0156. The highest BCUT2D eigenvalue weighted by atomic mass is 16.6. The van der Waals surface area contributed by atoms with E-state index in [-0.39, 0.29) is 181 Å². The van der Waals surface area contributed by atoms with Gasteiger partial charge in [0, 0.05) is 100.0 Å². The van der Waals surface area contributed by atoms with E-state index in [9.17, 15) is 43.5 Å². The zero-order chi connectivity index (χ0) is 101. The van der Waals surface area contributed by atoms with Crippen molar-refractivity contribution in [1.29, 1.82) is 0 Å². The molecule has 15 N–H and O–H groups in total. The SMILES string of the molecule is CCc1c2c(CC)c3c(CC)c1CNC(=O)Nc1ccc(C(=O)NC(CCC(=O)OC(C)(C)C)(CCC(=O)OC(C)(C)C)CCC(=O)OC(C)(C)C)cc1NC(=O)NCc1c(CC)c(c(CC)c(c1CC)CNC(=O)Nc1cc(C(=O)NC(CCC(=O)OC(C)(C)C)(CCC(=O)OC(C)(C)C)CCC(=O)OC(C)(C)C)ccc1NC(=O)NC3)CNC(=O)Nc1cc(CO)ccc1NC(=O)NC2. The molecule has 0 fully saturated rings. The second kappa shape index (κ2) is 47.8. The Hall–Kier alpha value is -12.6. The van der Waals surface area contributed by atoms with E-state index in [1.165, 1.54) is 48.5 Å². The largest absolute Gasteiger partial charge is 0.460 e. The molecule has 35 heteroatoms. The minimum absolute atomic E-state index is 0.0181. The average molecular weight is 1890 g/mol. The number of esters is 6. The zero-order valence-electron chi connectivity index (χ0n) is 84.0. The molecular formula is C101H146N14O21. The number of aliphatic hydroxyl groups is 1. The summed E-state index contributed by atoms with van der Waals surface area (Å²) >= 11 is 0. The highest BCUT2D eigenvalue weighted by Gasteiger charge is 2.40. The van der Waals surface area contributed by atoms with Gasteiger partial charge in [-0.05, 0) is 323 Å². The highest BCUT2D eigenvalue weighted by molar-refractivity contribution is 6.05.